The Kier molecular flexibility index (Phi) is 2.97. The summed E-state index contributed by atoms with van der Waals surface area (Å²) < 4.78 is 37.4. The third-order valence-corrected chi connectivity index (χ3v) is 3.69. The van der Waals surface area contributed by atoms with Gasteiger partial charge in [0.2, 0.25) is 0 Å². The van der Waals surface area contributed by atoms with Crippen LogP contribution in [-0.2, 0) is 6.18 Å². The van der Waals surface area contributed by atoms with Crippen molar-refractivity contribution >= 4 is 16.5 Å². The molecule has 0 radical (unpaired) electrons. The van der Waals surface area contributed by atoms with Crippen molar-refractivity contribution < 1.29 is 13.2 Å². The van der Waals surface area contributed by atoms with Crippen molar-refractivity contribution in [1.82, 2.24) is 4.98 Å². The number of alkyl halides is 3. The molecule has 2 nitrogen and oxygen atoms in total. The van der Waals surface area contributed by atoms with Crippen LogP contribution >= 0.6 is 11.3 Å². The molecule has 0 unspecified atom stereocenters. The molecule has 1 aromatic carbocycles. The Bertz CT molecular complexity index is 570. The van der Waals surface area contributed by atoms with Crippen LogP contribution in [0.4, 0.5) is 18.3 Å². The van der Waals surface area contributed by atoms with Crippen LogP contribution in [0.1, 0.15) is 18.4 Å². The maximum atomic E-state index is 12.5. The van der Waals surface area contributed by atoms with E-state index in [0.29, 0.717) is 17.3 Å². The number of anilines is 1. The molecular weight excluding hydrogens is 273 g/mol. The molecule has 1 fully saturated rings. The predicted molar refractivity (Wildman–Crippen MR) is 69.2 cm³/mol. The second kappa shape index (κ2) is 4.52. The summed E-state index contributed by atoms with van der Waals surface area (Å²) in [5, 5.41) is 5.95. The fourth-order valence-electron chi connectivity index (χ4n) is 1.70. The van der Waals surface area contributed by atoms with Gasteiger partial charge < -0.3 is 5.32 Å². The van der Waals surface area contributed by atoms with Gasteiger partial charge in [-0.1, -0.05) is 12.1 Å². The summed E-state index contributed by atoms with van der Waals surface area (Å²) >= 11 is 1.48. The Balaban J connectivity index is 1.79. The summed E-state index contributed by atoms with van der Waals surface area (Å²) in [4.78, 5) is 4.38. The zero-order chi connectivity index (χ0) is 13.5. The Hall–Kier alpha value is -1.56. The number of thiazole rings is 1. The molecule has 1 aliphatic carbocycles. The highest BCUT2D eigenvalue weighted by Crippen LogP contribution is 2.32. The van der Waals surface area contributed by atoms with Gasteiger partial charge in [0.1, 0.15) is 0 Å². The summed E-state index contributed by atoms with van der Waals surface area (Å²) in [6, 6.07) is 5.61. The molecule has 1 aliphatic rings. The number of rotatable bonds is 3. The van der Waals surface area contributed by atoms with Crippen molar-refractivity contribution in [3.05, 3.63) is 35.2 Å². The van der Waals surface area contributed by atoms with Crippen LogP contribution in [0.25, 0.3) is 11.3 Å². The van der Waals surface area contributed by atoms with E-state index in [1.165, 1.54) is 23.5 Å². The Morgan fingerprint density at radius 1 is 1.16 bits per heavy atom. The Morgan fingerprint density at radius 3 is 2.42 bits per heavy atom. The van der Waals surface area contributed by atoms with Crippen LogP contribution in [0.2, 0.25) is 0 Å². The first-order valence-electron chi connectivity index (χ1n) is 5.92. The van der Waals surface area contributed by atoms with E-state index in [4.69, 9.17) is 0 Å². The van der Waals surface area contributed by atoms with Crippen molar-refractivity contribution in [2.75, 3.05) is 5.32 Å². The molecular formula is C13H11F3N2S. The lowest BCUT2D eigenvalue weighted by Gasteiger charge is -2.06. The fraction of sp³-hybridized carbons (Fsp3) is 0.308. The fourth-order valence-corrected chi connectivity index (χ4v) is 2.50. The number of hydrogen-bond donors (Lipinski definition) is 1. The summed E-state index contributed by atoms with van der Waals surface area (Å²) in [5.41, 5.74) is 0.776. The van der Waals surface area contributed by atoms with E-state index >= 15 is 0 Å². The lowest BCUT2D eigenvalue weighted by Crippen LogP contribution is -2.04. The molecule has 0 atom stereocenters. The molecule has 0 amide bonds. The van der Waals surface area contributed by atoms with Gasteiger partial charge in [0.15, 0.2) is 5.13 Å². The first kappa shape index (κ1) is 12.5. The minimum atomic E-state index is -4.29. The molecule has 100 valence electrons. The van der Waals surface area contributed by atoms with Gasteiger partial charge in [0.05, 0.1) is 11.3 Å². The van der Waals surface area contributed by atoms with Crippen molar-refractivity contribution in [3.63, 3.8) is 0 Å². The third-order valence-electron chi connectivity index (χ3n) is 2.92. The third kappa shape index (κ3) is 2.89. The molecule has 0 bridgehead atoms. The number of aromatic nitrogens is 1. The van der Waals surface area contributed by atoms with E-state index in [9.17, 15) is 13.2 Å². The van der Waals surface area contributed by atoms with Gasteiger partial charge in [0, 0.05) is 17.0 Å². The highest BCUT2D eigenvalue weighted by molar-refractivity contribution is 7.14. The van der Waals surface area contributed by atoms with Crippen LogP contribution in [0.15, 0.2) is 29.6 Å². The molecule has 19 heavy (non-hydrogen) atoms. The molecule has 0 spiro atoms. The van der Waals surface area contributed by atoms with Gasteiger partial charge in [0.25, 0.3) is 0 Å². The lowest BCUT2D eigenvalue weighted by atomic mass is 10.1. The van der Waals surface area contributed by atoms with E-state index in [0.717, 1.165) is 30.1 Å². The quantitative estimate of drug-likeness (QED) is 0.903. The predicted octanol–water partition coefficient (Wildman–Crippen LogP) is 4.40. The highest BCUT2D eigenvalue weighted by atomic mass is 32.1. The first-order chi connectivity index (χ1) is 9.02. The van der Waals surface area contributed by atoms with Crippen LogP contribution in [0.3, 0.4) is 0 Å². The van der Waals surface area contributed by atoms with Crippen molar-refractivity contribution in [1.29, 1.82) is 0 Å². The normalized spacial score (nSPS) is 15.5. The van der Waals surface area contributed by atoms with Gasteiger partial charge >= 0.3 is 6.18 Å². The van der Waals surface area contributed by atoms with Crippen LogP contribution in [0.5, 0.6) is 0 Å². The zero-order valence-corrected chi connectivity index (χ0v) is 10.7. The maximum absolute atomic E-state index is 12.5. The average Bonchev–Trinajstić information content (AvgIpc) is 3.04. The second-order valence-corrected chi connectivity index (χ2v) is 5.39. The smallest absolute Gasteiger partial charge is 0.359 e. The van der Waals surface area contributed by atoms with Gasteiger partial charge in [-0.05, 0) is 25.0 Å². The monoisotopic (exact) mass is 284 g/mol. The molecule has 1 N–H and O–H groups in total. The Labute approximate surface area is 112 Å². The lowest BCUT2D eigenvalue weighted by molar-refractivity contribution is -0.137. The van der Waals surface area contributed by atoms with Crippen LogP contribution in [-0.4, -0.2) is 11.0 Å². The molecule has 0 saturated heterocycles. The topological polar surface area (TPSA) is 24.9 Å². The van der Waals surface area contributed by atoms with Gasteiger partial charge in [-0.2, -0.15) is 13.2 Å². The number of nitrogens with one attached hydrogen (secondary N) is 1. The maximum Gasteiger partial charge on any atom is 0.416 e. The summed E-state index contributed by atoms with van der Waals surface area (Å²) in [6.45, 7) is 0. The summed E-state index contributed by atoms with van der Waals surface area (Å²) in [6.07, 6.45) is -1.97. The molecule has 1 heterocycles. The average molecular weight is 284 g/mol. The van der Waals surface area contributed by atoms with Gasteiger partial charge in [-0.15, -0.1) is 11.3 Å². The largest absolute Gasteiger partial charge is 0.416 e. The number of halogens is 3. The summed E-state index contributed by atoms with van der Waals surface area (Å²) in [5.74, 6) is 0. The highest BCUT2D eigenvalue weighted by Gasteiger charge is 2.30. The van der Waals surface area contributed by atoms with E-state index in [2.05, 4.69) is 10.3 Å². The van der Waals surface area contributed by atoms with Crippen LogP contribution in [0, 0.1) is 0 Å². The van der Waals surface area contributed by atoms with Crippen molar-refractivity contribution in [2.24, 2.45) is 0 Å². The number of benzene rings is 1. The minimum absolute atomic E-state index is 0.520. The molecule has 1 aromatic heterocycles. The van der Waals surface area contributed by atoms with Crippen molar-refractivity contribution in [2.45, 2.75) is 25.1 Å². The van der Waals surface area contributed by atoms with E-state index in [1.54, 1.807) is 0 Å². The Morgan fingerprint density at radius 2 is 1.84 bits per heavy atom. The zero-order valence-electron chi connectivity index (χ0n) is 9.87. The molecule has 6 heteroatoms. The molecule has 3 rings (SSSR count). The molecule has 1 saturated carbocycles. The standard InChI is InChI=1S/C13H11F3N2S/c14-13(15,16)9-3-1-8(2-4-9)11-7-19-12(18-11)17-10-5-6-10/h1-4,7,10H,5-6H2,(H,17,18). The van der Waals surface area contributed by atoms with E-state index in [1.807, 2.05) is 5.38 Å². The molecule has 0 aliphatic heterocycles. The summed E-state index contributed by atoms with van der Waals surface area (Å²) in [7, 11) is 0. The first-order valence-corrected chi connectivity index (χ1v) is 6.80. The number of hydrogen-bond acceptors (Lipinski definition) is 3. The second-order valence-electron chi connectivity index (χ2n) is 4.53. The van der Waals surface area contributed by atoms with E-state index < -0.39 is 11.7 Å². The van der Waals surface area contributed by atoms with Crippen LogP contribution < -0.4 is 5.32 Å². The van der Waals surface area contributed by atoms with E-state index in [-0.39, 0.29) is 0 Å². The molecule has 2 aromatic rings. The number of nitrogens with zero attached hydrogens (tertiary/aromatic N) is 1. The van der Waals surface area contributed by atoms with Crippen molar-refractivity contribution in [3.8, 4) is 11.3 Å². The van der Waals surface area contributed by atoms with Gasteiger partial charge in [-0.25, -0.2) is 4.98 Å². The minimum Gasteiger partial charge on any atom is -0.359 e. The van der Waals surface area contributed by atoms with Gasteiger partial charge in [-0.3, -0.25) is 0 Å². The SMILES string of the molecule is FC(F)(F)c1ccc(-c2csc(NC3CC3)n2)cc1.